The fourth-order valence-electron chi connectivity index (χ4n) is 2.63. The van der Waals surface area contributed by atoms with Gasteiger partial charge in [0.1, 0.15) is 0 Å². The van der Waals surface area contributed by atoms with Crippen molar-refractivity contribution >= 4 is 0 Å². The summed E-state index contributed by atoms with van der Waals surface area (Å²) in [7, 11) is 0. The van der Waals surface area contributed by atoms with Gasteiger partial charge < -0.3 is 5.73 Å². The van der Waals surface area contributed by atoms with Crippen molar-refractivity contribution in [3.8, 4) is 0 Å². The minimum absolute atomic E-state index is 0.327. The molecule has 1 unspecified atom stereocenters. The predicted octanol–water partition coefficient (Wildman–Crippen LogP) is 3.66. The van der Waals surface area contributed by atoms with Crippen molar-refractivity contribution in [2.45, 2.75) is 51.6 Å². The van der Waals surface area contributed by atoms with Gasteiger partial charge in [0, 0.05) is 24.2 Å². The topological polar surface area (TPSA) is 43.8 Å². The molecule has 0 aliphatic carbocycles. The number of aromatic nitrogens is 2. The minimum Gasteiger partial charge on any atom is -0.321 e. The van der Waals surface area contributed by atoms with Gasteiger partial charge in [0.2, 0.25) is 0 Å². The highest BCUT2D eigenvalue weighted by molar-refractivity contribution is 5.26. The monoisotopic (exact) mass is 271 g/mol. The fourth-order valence-corrected chi connectivity index (χ4v) is 2.63. The number of hydrogen-bond acceptors (Lipinski definition) is 2. The fraction of sp³-hybridized carbons (Fsp3) is 0.471. The molecule has 1 heterocycles. The Morgan fingerprint density at radius 2 is 1.90 bits per heavy atom. The largest absolute Gasteiger partial charge is 0.321 e. The van der Waals surface area contributed by atoms with Crippen LogP contribution in [0.4, 0.5) is 0 Å². The molecule has 0 fully saturated rings. The Hall–Kier alpha value is -1.61. The van der Waals surface area contributed by atoms with E-state index in [4.69, 9.17) is 5.73 Å². The van der Waals surface area contributed by atoms with Gasteiger partial charge in [-0.25, -0.2) is 0 Å². The van der Waals surface area contributed by atoms with E-state index in [0.29, 0.717) is 6.04 Å². The third kappa shape index (κ3) is 3.28. The van der Waals surface area contributed by atoms with E-state index in [1.165, 1.54) is 5.56 Å². The van der Waals surface area contributed by atoms with Crippen molar-refractivity contribution in [3.05, 3.63) is 53.9 Å². The third-order valence-electron chi connectivity index (χ3n) is 3.73. The van der Waals surface area contributed by atoms with E-state index < -0.39 is 0 Å². The van der Waals surface area contributed by atoms with Crippen molar-refractivity contribution in [2.24, 2.45) is 5.73 Å². The first-order valence-corrected chi connectivity index (χ1v) is 7.43. The number of nitrogens with two attached hydrogens (primary N) is 1. The van der Waals surface area contributed by atoms with Crippen LogP contribution in [0.25, 0.3) is 0 Å². The number of nitrogens with zero attached hydrogens (tertiary/aromatic N) is 2. The van der Waals surface area contributed by atoms with E-state index in [2.05, 4.69) is 56.2 Å². The maximum atomic E-state index is 6.70. The summed E-state index contributed by atoms with van der Waals surface area (Å²) in [5.74, 6) is 0. The van der Waals surface area contributed by atoms with Crippen LogP contribution in [0.5, 0.6) is 0 Å². The zero-order valence-electron chi connectivity index (χ0n) is 12.7. The molecule has 0 amide bonds. The number of rotatable bonds is 6. The van der Waals surface area contributed by atoms with E-state index in [0.717, 1.165) is 25.0 Å². The smallest absolute Gasteiger partial charge is 0.0646 e. The van der Waals surface area contributed by atoms with E-state index in [1.54, 1.807) is 0 Å². The lowest BCUT2D eigenvalue weighted by Gasteiger charge is -2.29. The Morgan fingerprint density at radius 1 is 1.20 bits per heavy atom. The normalized spacial score (nSPS) is 14.4. The molecule has 2 aromatic rings. The first-order valence-electron chi connectivity index (χ1n) is 7.43. The van der Waals surface area contributed by atoms with Crippen molar-refractivity contribution in [1.29, 1.82) is 0 Å². The molecule has 2 N–H and O–H groups in total. The van der Waals surface area contributed by atoms with Crippen molar-refractivity contribution in [1.82, 2.24) is 9.78 Å². The average molecular weight is 271 g/mol. The molecule has 0 saturated carbocycles. The van der Waals surface area contributed by atoms with Gasteiger partial charge in [-0.05, 0) is 31.9 Å². The highest BCUT2D eigenvalue weighted by atomic mass is 15.3. The molecule has 0 aliphatic heterocycles. The number of benzene rings is 1. The lowest BCUT2D eigenvalue weighted by molar-refractivity contribution is 0.392. The lowest BCUT2D eigenvalue weighted by Crippen LogP contribution is -2.39. The Morgan fingerprint density at radius 3 is 2.45 bits per heavy atom. The molecular weight excluding hydrogens is 246 g/mol. The van der Waals surface area contributed by atoms with Crippen molar-refractivity contribution in [2.75, 3.05) is 0 Å². The highest BCUT2D eigenvalue weighted by Gasteiger charge is 2.27. The zero-order valence-corrected chi connectivity index (χ0v) is 12.7. The third-order valence-corrected chi connectivity index (χ3v) is 3.73. The second-order valence-electron chi connectivity index (χ2n) is 5.83. The van der Waals surface area contributed by atoms with Crippen LogP contribution in [-0.2, 0) is 12.0 Å². The standard InChI is InChI=1S/C17H25N3/c1-4-11-17(18,15-8-6-5-7-9-15)13-16-10-12-20(19-16)14(2)3/h5-10,12,14H,4,11,13,18H2,1-3H3. The van der Waals surface area contributed by atoms with Gasteiger partial charge in [-0.15, -0.1) is 0 Å². The molecule has 0 radical (unpaired) electrons. The molecule has 1 atom stereocenters. The summed E-state index contributed by atoms with van der Waals surface area (Å²) in [6.45, 7) is 6.45. The van der Waals surface area contributed by atoms with Gasteiger partial charge in [-0.2, -0.15) is 5.10 Å². The summed E-state index contributed by atoms with van der Waals surface area (Å²) < 4.78 is 1.99. The van der Waals surface area contributed by atoms with Crippen LogP contribution < -0.4 is 5.73 Å². The molecule has 108 valence electrons. The second-order valence-corrected chi connectivity index (χ2v) is 5.83. The van der Waals surface area contributed by atoms with Gasteiger partial charge in [0.05, 0.1) is 5.69 Å². The second kappa shape index (κ2) is 6.23. The van der Waals surface area contributed by atoms with Crippen LogP contribution in [0.15, 0.2) is 42.6 Å². The van der Waals surface area contributed by atoms with Gasteiger partial charge in [0.15, 0.2) is 0 Å². The van der Waals surface area contributed by atoms with E-state index in [9.17, 15) is 0 Å². The lowest BCUT2D eigenvalue weighted by atomic mass is 9.82. The average Bonchev–Trinajstić information content (AvgIpc) is 2.88. The summed E-state index contributed by atoms with van der Waals surface area (Å²) >= 11 is 0. The first-order chi connectivity index (χ1) is 9.55. The van der Waals surface area contributed by atoms with Crippen LogP contribution in [0, 0.1) is 0 Å². The molecule has 2 rings (SSSR count). The maximum absolute atomic E-state index is 6.70. The Kier molecular flexibility index (Phi) is 4.61. The van der Waals surface area contributed by atoms with Crippen LogP contribution in [0.2, 0.25) is 0 Å². The summed E-state index contributed by atoms with van der Waals surface area (Å²) in [5.41, 5.74) is 8.63. The van der Waals surface area contributed by atoms with Gasteiger partial charge in [-0.3, -0.25) is 4.68 Å². The predicted molar refractivity (Wildman–Crippen MR) is 83.5 cm³/mol. The van der Waals surface area contributed by atoms with Crippen LogP contribution >= 0.6 is 0 Å². The zero-order chi connectivity index (χ0) is 14.6. The SMILES string of the molecule is CCCC(N)(Cc1ccn(C(C)C)n1)c1ccccc1. The minimum atomic E-state index is -0.327. The molecule has 1 aromatic carbocycles. The summed E-state index contributed by atoms with van der Waals surface area (Å²) in [6.07, 6.45) is 4.85. The Bertz CT molecular complexity index is 530. The Labute approximate surface area is 121 Å². The van der Waals surface area contributed by atoms with E-state index in [-0.39, 0.29) is 5.54 Å². The first kappa shape index (κ1) is 14.8. The van der Waals surface area contributed by atoms with Gasteiger partial charge in [0.25, 0.3) is 0 Å². The molecule has 1 aromatic heterocycles. The van der Waals surface area contributed by atoms with E-state index in [1.807, 2.05) is 16.9 Å². The summed E-state index contributed by atoms with van der Waals surface area (Å²) in [5, 5.41) is 4.64. The van der Waals surface area contributed by atoms with E-state index >= 15 is 0 Å². The molecule has 0 saturated heterocycles. The van der Waals surface area contributed by atoms with Gasteiger partial charge >= 0.3 is 0 Å². The van der Waals surface area contributed by atoms with Crippen LogP contribution in [0.1, 0.15) is 50.9 Å². The summed E-state index contributed by atoms with van der Waals surface area (Å²) in [6, 6.07) is 12.9. The molecular formula is C17H25N3. The Balaban J connectivity index is 2.24. The number of hydrogen-bond donors (Lipinski definition) is 1. The van der Waals surface area contributed by atoms with Crippen LogP contribution in [-0.4, -0.2) is 9.78 Å². The molecule has 3 heteroatoms. The maximum Gasteiger partial charge on any atom is 0.0646 e. The highest BCUT2D eigenvalue weighted by Crippen LogP contribution is 2.27. The van der Waals surface area contributed by atoms with Crippen LogP contribution in [0.3, 0.4) is 0 Å². The molecule has 20 heavy (non-hydrogen) atoms. The quantitative estimate of drug-likeness (QED) is 0.871. The molecule has 0 spiro atoms. The molecule has 3 nitrogen and oxygen atoms in total. The molecule has 0 aliphatic rings. The molecule has 0 bridgehead atoms. The van der Waals surface area contributed by atoms with Crippen molar-refractivity contribution < 1.29 is 0 Å². The van der Waals surface area contributed by atoms with Gasteiger partial charge in [-0.1, -0.05) is 43.7 Å². The summed E-state index contributed by atoms with van der Waals surface area (Å²) in [4.78, 5) is 0. The van der Waals surface area contributed by atoms with Crippen molar-refractivity contribution in [3.63, 3.8) is 0 Å².